The number of amides is 1. The summed E-state index contributed by atoms with van der Waals surface area (Å²) in [5, 5.41) is 38.2. The summed E-state index contributed by atoms with van der Waals surface area (Å²) in [5.41, 5.74) is 4.75. The first kappa shape index (κ1) is 15.5. The number of nitrogens with two attached hydrogens (primary N) is 1. The maximum Gasteiger partial charge on any atom is 0.270 e. The Morgan fingerprint density at radius 1 is 1.41 bits per heavy atom. The fraction of sp³-hybridized carbons (Fsp3) is 0.286. The SMILES string of the molecule is N#C/C(C(=O)N1CCCOC1)=C(/O)c1cc(N)c(O)c(O)c1. The average molecular weight is 305 g/mol. The molecule has 2 rings (SSSR count). The lowest BCUT2D eigenvalue weighted by Gasteiger charge is -2.26. The number of hydrogen-bond acceptors (Lipinski definition) is 7. The summed E-state index contributed by atoms with van der Waals surface area (Å²) in [6.07, 6.45) is 0.637. The number of phenols is 2. The largest absolute Gasteiger partial charge is 0.506 e. The van der Waals surface area contributed by atoms with E-state index in [1.165, 1.54) is 4.90 Å². The number of carbonyl (C=O) groups is 1. The van der Waals surface area contributed by atoms with Crippen LogP contribution in [-0.4, -0.2) is 46.0 Å². The van der Waals surface area contributed by atoms with E-state index in [4.69, 9.17) is 15.7 Å². The van der Waals surface area contributed by atoms with Gasteiger partial charge in [0.25, 0.3) is 5.91 Å². The molecule has 1 heterocycles. The van der Waals surface area contributed by atoms with Gasteiger partial charge in [0.1, 0.15) is 18.6 Å². The van der Waals surface area contributed by atoms with Crippen LogP contribution in [-0.2, 0) is 9.53 Å². The number of aliphatic hydroxyl groups excluding tert-OH is 1. The Kier molecular flexibility index (Phi) is 4.39. The van der Waals surface area contributed by atoms with Crippen molar-refractivity contribution < 1.29 is 24.9 Å². The zero-order chi connectivity index (χ0) is 16.3. The molecule has 1 fully saturated rings. The summed E-state index contributed by atoms with van der Waals surface area (Å²) < 4.78 is 5.14. The zero-order valence-corrected chi connectivity index (χ0v) is 11.6. The molecule has 1 amide bonds. The first-order valence-electron chi connectivity index (χ1n) is 6.48. The van der Waals surface area contributed by atoms with Crippen molar-refractivity contribution in [3.63, 3.8) is 0 Å². The maximum atomic E-state index is 12.2. The summed E-state index contributed by atoms with van der Waals surface area (Å²) in [5.74, 6) is -2.40. The van der Waals surface area contributed by atoms with E-state index < -0.39 is 28.7 Å². The molecule has 0 bridgehead atoms. The summed E-state index contributed by atoms with van der Waals surface area (Å²) in [7, 11) is 0. The van der Waals surface area contributed by atoms with Crippen LogP contribution in [0, 0.1) is 11.3 Å². The third-order valence-electron chi connectivity index (χ3n) is 3.21. The minimum absolute atomic E-state index is 0.0419. The molecule has 0 spiro atoms. The smallest absolute Gasteiger partial charge is 0.270 e. The fourth-order valence-corrected chi connectivity index (χ4v) is 2.04. The molecule has 8 nitrogen and oxygen atoms in total. The molecule has 1 aromatic rings. The number of aliphatic hydroxyl groups is 1. The Morgan fingerprint density at radius 2 is 2.14 bits per heavy atom. The quantitative estimate of drug-likeness (QED) is 0.207. The Labute approximate surface area is 126 Å². The number of hydrogen-bond donors (Lipinski definition) is 4. The fourth-order valence-electron chi connectivity index (χ4n) is 2.04. The molecule has 8 heteroatoms. The molecule has 5 N–H and O–H groups in total. The monoisotopic (exact) mass is 305 g/mol. The highest BCUT2D eigenvalue weighted by Gasteiger charge is 2.25. The predicted molar refractivity (Wildman–Crippen MR) is 76.5 cm³/mol. The second kappa shape index (κ2) is 6.24. The Morgan fingerprint density at radius 3 is 2.68 bits per heavy atom. The second-order valence-corrected chi connectivity index (χ2v) is 4.73. The molecule has 0 aliphatic carbocycles. The molecule has 1 saturated heterocycles. The average Bonchev–Trinajstić information content (AvgIpc) is 2.53. The van der Waals surface area contributed by atoms with Gasteiger partial charge in [-0.3, -0.25) is 4.79 Å². The molecular weight excluding hydrogens is 290 g/mol. The number of benzene rings is 1. The van der Waals surface area contributed by atoms with Gasteiger partial charge in [0.2, 0.25) is 0 Å². The van der Waals surface area contributed by atoms with Crippen molar-refractivity contribution in [3.05, 3.63) is 23.3 Å². The summed E-state index contributed by atoms with van der Waals surface area (Å²) in [6.45, 7) is 0.990. The van der Waals surface area contributed by atoms with E-state index in [1.807, 2.05) is 0 Å². The molecule has 1 aromatic carbocycles. The number of ether oxygens (including phenoxy) is 1. The Balaban J connectivity index is 2.40. The van der Waals surface area contributed by atoms with Crippen molar-refractivity contribution in [3.8, 4) is 17.6 Å². The number of phenolic OH excluding ortho intramolecular Hbond substituents is 2. The van der Waals surface area contributed by atoms with Crippen LogP contribution in [0.4, 0.5) is 5.69 Å². The van der Waals surface area contributed by atoms with Crippen LogP contribution in [0.5, 0.6) is 11.5 Å². The molecule has 0 unspecified atom stereocenters. The number of nitriles is 1. The predicted octanol–water partition coefficient (Wildman–Crippen LogP) is 0.679. The highest BCUT2D eigenvalue weighted by atomic mass is 16.5. The minimum Gasteiger partial charge on any atom is -0.506 e. The lowest BCUT2D eigenvalue weighted by Crippen LogP contribution is -2.39. The van der Waals surface area contributed by atoms with Gasteiger partial charge in [-0.25, -0.2) is 0 Å². The van der Waals surface area contributed by atoms with Crippen LogP contribution in [0.2, 0.25) is 0 Å². The normalized spacial score (nSPS) is 15.9. The van der Waals surface area contributed by atoms with Crippen molar-refractivity contribution in [1.29, 1.82) is 5.26 Å². The molecule has 0 saturated carbocycles. The van der Waals surface area contributed by atoms with E-state index in [0.717, 1.165) is 12.1 Å². The molecule has 1 aliphatic heterocycles. The summed E-state index contributed by atoms with van der Waals surface area (Å²) >= 11 is 0. The van der Waals surface area contributed by atoms with Crippen molar-refractivity contribution in [2.24, 2.45) is 0 Å². The van der Waals surface area contributed by atoms with Gasteiger partial charge < -0.3 is 30.7 Å². The van der Waals surface area contributed by atoms with Crippen molar-refractivity contribution in [2.75, 3.05) is 25.6 Å². The number of nitrogen functional groups attached to an aromatic ring is 1. The van der Waals surface area contributed by atoms with Crippen molar-refractivity contribution >= 4 is 17.4 Å². The maximum absolute atomic E-state index is 12.2. The molecular formula is C14H15N3O5. The minimum atomic E-state index is -0.675. The highest BCUT2D eigenvalue weighted by molar-refractivity contribution is 6.03. The van der Waals surface area contributed by atoms with Crippen LogP contribution < -0.4 is 5.73 Å². The third-order valence-corrected chi connectivity index (χ3v) is 3.21. The third kappa shape index (κ3) is 2.89. The van der Waals surface area contributed by atoms with E-state index in [0.29, 0.717) is 19.6 Å². The first-order chi connectivity index (χ1) is 10.5. The highest BCUT2D eigenvalue weighted by Crippen LogP contribution is 2.34. The van der Waals surface area contributed by atoms with Gasteiger partial charge >= 0.3 is 0 Å². The summed E-state index contributed by atoms with van der Waals surface area (Å²) in [6, 6.07) is 3.82. The van der Waals surface area contributed by atoms with Gasteiger partial charge in [0, 0.05) is 12.1 Å². The number of rotatable bonds is 2. The number of aromatic hydroxyl groups is 2. The lowest BCUT2D eigenvalue weighted by molar-refractivity contribution is -0.135. The molecule has 0 atom stereocenters. The molecule has 1 aliphatic rings. The number of carbonyl (C=O) groups excluding carboxylic acids is 1. The van der Waals surface area contributed by atoms with Crippen LogP contribution in [0.15, 0.2) is 17.7 Å². The molecule has 0 radical (unpaired) electrons. The lowest BCUT2D eigenvalue weighted by atomic mass is 10.1. The standard InChI is InChI=1S/C14H15N3O5/c15-6-9(14(21)17-2-1-3-22-7-17)12(19)8-4-10(16)13(20)11(18)5-8/h4-5,18-20H,1-3,7,16H2/b12-9-. The van der Waals surface area contributed by atoms with Crippen LogP contribution in [0.1, 0.15) is 12.0 Å². The van der Waals surface area contributed by atoms with Crippen LogP contribution in [0.25, 0.3) is 5.76 Å². The van der Waals surface area contributed by atoms with Gasteiger partial charge in [-0.2, -0.15) is 5.26 Å². The van der Waals surface area contributed by atoms with E-state index in [9.17, 15) is 20.1 Å². The van der Waals surface area contributed by atoms with Crippen molar-refractivity contribution in [1.82, 2.24) is 4.90 Å². The Bertz CT molecular complexity index is 649. The van der Waals surface area contributed by atoms with Gasteiger partial charge in [0.15, 0.2) is 17.1 Å². The number of anilines is 1. The molecule has 22 heavy (non-hydrogen) atoms. The van der Waals surface area contributed by atoms with E-state index >= 15 is 0 Å². The summed E-state index contributed by atoms with van der Waals surface area (Å²) in [4.78, 5) is 13.5. The van der Waals surface area contributed by atoms with Gasteiger partial charge in [0.05, 0.1) is 12.3 Å². The van der Waals surface area contributed by atoms with Crippen molar-refractivity contribution in [2.45, 2.75) is 6.42 Å². The van der Waals surface area contributed by atoms with Gasteiger partial charge in [-0.05, 0) is 18.6 Å². The molecule has 116 valence electrons. The van der Waals surface area contributed by atoms with Crippen LogP contribution in [0.3, 0.4) is 0 Å². The van der Waals surface area contributed by atoms with E-state index in [1.54, 1.807) is 6.07 Å². The van der Waals surface area contributed by atoms with Crippen LogP contribution >= 0.6 is 0 Å². The Hall–Kier alpha value is -2.92. The topological polar surface area (TPSA) is 140 Å². The van der Waals surface area contributed by atoms with E-state index in [-0.39, 0.29) is 18.0 Å². The molecule has 0 aromatic heterocycles. The van der Waals surface area contributed by atoms with Gasteiger partial charge in [-0.15, -0.1) is 0 Å². The zero-order valence-electron chi connectivity index (χ0n) is 11.6. The van der Waals surface area contributed by atoms with Gasteiger partial charge in [-0.1, -0.05) is 0 Å². The number of nitrogens with zero attached hydrogens (tertiary/aromatic N) is 2. The first-order valence-corrected chi connectivity index (χ1v) is 6.48. The van der Waals surface area contributed by atoms with E-state index in [2.05, 4.69) is 0 Å². The second-order valence-electron chi connectivity index (χ2n) is 4.73.